The van der Waals surface area contributed by atoms with Gasteiger partial charge in [-0.25, -0.2) is 9.18 Å². The summed E-state index contributed by atoms with van der Waals surface area (Å²) >= 11 is 12.8. The van der Waals surface area contributed by atoms with Gasteiger partial charge < -0.3 is 21.7 Å². The van der Waals surface area contributed by atoms with E-state index in [9.17, 15) is 32.4 Å². The molecular weight excluding hydrogens is 623 g/mol. The van der Waals surface area contributed by atoms with Crippen LogP contribution in [0.2, 0.25) is 10.0 Å². The third-order valence-corrected chi connectivity index (χ3v) is 8.14. The van der Waals surface area contributed by atoms with Gasteiger partial charge in [0, 0.05) is 39.0 Å². The lowest BCUT2D eigenvalue weighted by atomic mass is 9.86. The van der Waals surface area contributed by atoms with E-state index in [0.29, 0.717) is 63.2 Å². The average molecular weight is 643 g/mol. The number of carbonyl (C=O) groups is 2. The molecule has 14 heteroatoms. The lowest BCUT2D eigenvalue weighted by molar-refractivity contribution is -0.137. The topological polar surface area (TPSA) is 123 Å². The lowest BCUT2D eigenvalue weighted by Crippen LogP contribution is -2.46. The molecular formula is C30H20Cl2F4N6O2. The number of halogens is 6. The van der Waals surface area contributed by atoms with Gasteiger partial charge in [0.15, 0.2) is 0 Å². The molecule has 0 spiro atoms. The SMILES string of the molecule is N#CC1=C(c2cc(NC(=O)c3cc(F)cc(C(F)(F)F)c3)c3c4c2CCN4C(=O)N[C@@H]3c2cc(Cl)ccc2Cl)C=CC(N)N1. The summed E-state index contributed by atoms with van der Waals surface area (Å²) in [5, 5.41) is 18.8. The summed E-state index contributed by atoms with van der Waals surface area (Å²) in [6, 6.07) is 8.42. The van der Waals surface area contributed by atoms with Crippen LogP contribution in [-0.4, -0.2) is 24.6 Å². The number of nitrogens with two attached hydrogens (primary N) is 1. The molecule has 3 aromatic rings. The number of benzene rings is 3. The van der Waals surface area contributed by atoms with E-state index in [2.05, 4.69) is 22.0 Å². The second kappa shape index (κ2) is 10.9. The quantitative estimate of drug-likeness (QED) is 0.250. The average Bonchev–Trinajstić information content (AvgIpc) is 3.42. The standard InChI is InChI=1S/C30H20Cl2F4N6O2/c31-15-1-3-21(32)20(10-15)26-25-22(40-28(43)13-7-14(30(34,35)36)9-16(33)8-13)11-19(17-2-4-24(38)39-23(17)12-37)18-5-6-42(27(18)25)29(44)41-26/h1-4,7-11,24,26,39H,5-6,38H2,(H,40,43)(H,41,44)/t24?,26-/m1/s1. The molecule has 8 nitrogen and oxygen atoms in total. The monoisotopic (exact) mass is 642 g/mol. The molecule has 3 aliphatic rings. The Balaban J connectivity index is 1.59. The smallest absolute Gasteiger partial charge is 0.358 e. The van der Waals surface area contributed by atoms with Crippen molar-refractivity contribution in [1.29, 1.82) is 5.26 Å². The fraction of sp³-hybridized carbons (Fsp3) is 0.167. The molecule has 1 unspecified atom stereocenters. The maximum Gasteiger partial charge on any atom is 0.416 e. The van der Waals surface area contributed by atoms with E-state index in [0.717, 1.165) is 0 Å². The molecule has 6 rings (SSSR count). The first-order chi connectivity index (χ1) is 20.8. The van der Waals surface area contributed by atoms with Crippen LogP contribution in [0.25, 0.3) is 5.57 Å². The minimum absolute atomic E-state index is 0.0857. The van der Waals surface area contributed by atoms with Crippen LogP contribution in [-0.2, 0) is 12.6 Å². The van der Waals surface area contributed by atoms with Crippen LogP contribution >= 0.6 is 23.2 Å². The predicted molar refractivity (Wildman–Crippen MR) is 156 cm³/mol. The summed E-state index contributed by atoms with van der Waals surface area (Å²) < 4.78 is 54.6. The summed E-state index contributed by atoms with van der Waals surface area (Å²) in [4.78, 5) is 28.3. The zero-order chi connectivity index (χ0) is 31.5. The highest BCUT2D eigenvalue weighted by molar-refractivity contribution is 6.33. The van der Waals surface area contributed by atoms with Crippen LogP contribution in [0.3, 0.4) is 0 Å². The van der Waals surface area contributed by atoms with Gasteiger partial charge in [-0.3, -0.25) is 9.69 Å². The molecule has 3 aliphatic heterocycles. The van der Waals surface area contributed by atoms with Crippen LogP contribution in [0, 0.1) is 17.1 Å². The number of nitrogens with zero attached hydrogens (tertiary/aromatic N) is 2. The predicted octanol–water partition coefficient (Wildman–Crippen LogP) is 6.26. The molecule has 3 heterocycles. The number of alkyl halides is 3. The number of allylic oxidation sites excluding steroid dienone is 3. The second-order valence-corrected chi connectivity index (χ2v) is 11.1. The van der Waals surface area contributed by atoms with Crippen molar-refractivity contribution in [3.63, 3.8) is 0 Å². The Morgan fingerprint density at radius 2 is 1.91 bits per heavy atom. The minimum Gasteiger partial charge on any atom is -0.358 e. The van der Waals surface area contributed by atoms with Crippen LogP contribution in [0.5, 0.6) is 0 Å². The van der Waals surface area contributed by atoms with E-state index in [-0.39, 0.29) is 23.0 Å². The Morgan fingerprint density at radius 3 is 2.64 bits per heavy atom. The Labute approximate surface area is 257 Å². The fourth-order valence-corrected chi connectivity index (χ4v) is 6.08. The molecule has 224 valence electrons. The molecule has 0 fully saturated rings. The molecule has 5 N–H and O–H groups in total. The van der Waals surface area contributed by atoms with Crippen LogP contribution in [0.15, 0.2) is 60.3 Å². The molecule has 0 saturated heterocycles. The van der Waals surface area contributed by atoms with Crippen molar-refractivity contribution in [2.45, 2.75) is 24.8 Å². The number of carbonyl (C=O) groups excluding carboxylic acids is 2. The van der Waals surface area contributed by atoms with E-state index in [4.69, 9.17) is 28.9 Å². The largest absolute Gasteiger partial charge is 0.416 e. The summed E-state index contributed by atoms with van der Waals surface area (Å²) in [6.07, 6.45) is -1.88. The number of urea groups is 1. The molecule has 3 aromatic carbocycles. The number of hydrogen-bond donors (Lipinski definition) is 4. The van der Waals surface area contributed by atoms with Crippen molar-refractivity contribution >= 4 is 52.1 Å². The summed E-state index contributed by atoms with van der Waals surface area (Å²) in [6.45, 7) is 0.263. The number of anilines is 2. The van der Waals surface area contributed by atoms with Crippen molar-refractivity contribution in [2.75, 3.05) is 16.8 Å². The van der Waals surface area contributed by atoms with E-state index >= 15 is 0 Å². The van der Waals surface area contributed by atoms with E-state index in [1.807, 2.05) is 0 Å². The van der Waals surface area contributed by atoms with Crippen molar-refractivity contribution in [1.82, 2.24) is 10.6 Å². The van der Waals surface area contributed by atoms with Crippen molar-refractivity contribution in [3.8, 4) is 6.07 Å². The summed E-state index contributed by atoms with van der Waals surface area (Å²) in [7, 11) is 0. The zero-order valence-corrected chi connectivity index (χ0v) is 23.8. The van der Waals surface area contributed by atoms with Crippen molar-refractivity contribution in [3.05, 3.63) is 110 Å². The van der Waals surface area contributed by atoms with Gasteiger partial charge in [-0.2, -0.15) is 18.4 Å². The highest BCUT2D eigenvalue weighted by atomic mass is 35.5. The first-order valence-electron chi connectivity index (χ1n) is 13.1. The van der Waals surface area contributed by atoms with Gasteiger partial charge in [0.25, 0.3) is 5.91 Å². The maximum absolute atomic E-state index is 14.2. The van der Waals surface area contributed by atoms with Gasteiger partial charge in [-0.1, -0.05) is 29.3 Å². The van der Waals surface area contributed by atoms with Gasteiger partial charge in [-0.05, 0) is 71.7 Å². The Bertz CT molecular complexity index is 1870. The van der Waals surface area contributed by atoms with Crippen molar-refractivity contribution < 1.29 is 27.2 Å². The number of nitrogens with one attached hydrogen (secondary N) is 3. The molecule has 0 aromatic heterocycles. The molecule has 0 aliphatic carbocycles. The van der Waals surface area contributed by atoms with E-state index < -0.39 is 47.3 Å². The molecule has 0 bridgehead atoms. The van der Waals surface area contributed by atoms with E-state index in [1.165, 1.54) is 4.90 Å². The minimum atomic E-state index is -4.90. The molecule has 2 atom stereocenters. The highest BCUT2D eigenvalue weighted by Gasteiger charge is 2.41. The summed E-state index contributed by atoms with van der Waals surface area (Å²) in [5.41, 5.74) is 7.06. The van der Waals surface area contributed by atoms with Gasteiger partial charge >= 0.3 is 12.2 Å². The first kappa shape index (κ1) is 29.5. The normalized spacial score (nSPS) is 18.9. The van der Waals surface area contributed by atoms with Gasteiger partial charge in [-0.15, -0.1) is 0 Å². The van der Waals surface area contributed by atoms with Gasteiger partial charge in [0.05, 0.1) is 23.5 Å². The number of rotatable bonds is 4. The molecule has 0 radical (unpaired) electrons. The van der Waals surface area contributed by atoms with Crippen molar-refractivity contribution in [2.24, 2.45) is 5.73 Å². The highest BCUT2D eigenvalue weighted by Crippen LogP contribution is 2.49. The Kier molecular flexibility index (Phi) is 7.28. The molecule has 0 saturated carbocycles. The molecule has 3 amide bonds. The number of amides is 3. The maximum atomic E-state index is 14.2. The second-order valence-electron chi connectivity index (χ2n) is 10.3. The molecule has 44 heavy (non-hydrogen) atoms. The van der Waals surface area contributed by atoms with E-state index in [1.54, 1.807) is 36.4 Å². The number of nitriles is 1. The zero-order valence-electron chi connectivity index (χ0n) is 22.3. The van der Waals surface area contributed by atoms with Crippen LogP contribution in [0.4, 0.5) is 33.7 Å². The number of hydrogen-bond acceptors (Lipinski definition) is 5. The van der Waals surface area contributed by atoms with Crippen LogP contribution in [0.1, 0.15) is 44.2 Å². The Hall–Kier alpha value is -4.57. The van der Waals surface area contributed by atoms with Gasteiger partial charge in [0.1, 0.15) is 17.6 Å². The summed E-state index contributed by atoms with van der Waals surface area (Å²) in [5.74, 6) is -2.29. The first-order valence-corrected chi connectivity index (χ1v) is 13.9. The lowest BCUT2D eigenvalue weighted by Gasteiger charge is -2.35. The van der Waals surface area contributed by atoms with Crippen LogP contribution < -0.4 is 26.6 Å². The fourth-order valence-electron chi connectivity index (χ4n) is 5.68. The van der Waals surface area contributed by atoms with Gasteiger partial charge in [0.2, 0.25) is 0 Å². The third-order valence-electron chi connectivity index (χ3n) is 7.56. The number of dihydropyridines is 1. The third kappa shape index (κ3) is 5.13. The Morgan fingerprint density at radius 1 is 1.14 bits per heavy atom.